The molecule has 0 spiro atoms. The van der Waals surface area contributed by atoms with Crippen LogP contribution in [0.2, 0.25) is 5.02 Å². The number of anilines is 4. The van der Waals surface area contributed by atoms with Crippen LogP contribution >= 0.6 is 11.6 Å². The maximum atomic E-state index is 13.2. The first-order chi connectivity index (χ1) is 11.5. The van der Waals surface area contributed by atoms with Crippen LogP contribution in [0.1, 0.15) is 5.56 Å². The third-order valence-electron chi connectivity index (χ3n) is 3.27. The quantitative estimate of drug-likeness (QED) is 0.722. The Morgan fingerprint density at radius 1 is 1.04 bits per heavy atom. The predicted molar refractivity (Wildman–Crippen MR) is 88.9 cm³/mol. The van der Waals surface area contributed by atoms with Gasteiger partial charge in [-0.1, -0.05) is 17.7 Å². The molecule has 0 saturated carbocycles. The Labute approximate surface area is 141 Å². The van der Waals surface area contributed by atoms with Crippen LogP contribution < -0.4 is 10.6 Å². The first-order valence-corrected chi connectivity index (χ1v) is 7.34. The predicted octanol–water partition coefficient (Wildman–Crippen LogP) is 4.60. The molecule has 24 heavy (non-hydrogen) atoms. The van der Waals surface area contributed by atoms with Crippen molar-refractivity contribution < 1.29 is 8.78 Å². The summed E-state index contributed by atoms with van der Waals surface area (Å²) >= 11 is 6.08. The van der Waals surface area contributed by atoms with Crippen LogP contribution in [0.15, 0.2) is 42.6 Å². The van der Waals surface area contributed by atoms with Gasteiger partial charge < -0.3 is 10.6 Å². The summed E-state index contributed by atoms with van der Waals surface area (Å²) in [5, 5.41) is 14.1. The van der Waals surface area contributed by atoms with E-state index in [0.29, 0.717) is 16.5 Å². The zero-order valence-corrected chi connectivity index (χ0v) is 13.3. The molecule has 0 atom stereocenters. The van der Waals surface area contributed by atoms with Gasteiger partial charge in [0.2, 0.25) is 5.95 Å². The van der Waals surface area contributed by atoms with Crippen molar-refractivity contribution in [1.29, 1.82) is 0 Å². The monoisotopic (exact) mass is 347 g/mol. The third kappa shape index (κ3) is 3.57. The summed E-state index contributed by atoms with van der Waals surface area (Å²) in [7, 11) is 0. The average molecular weight is 348 g/mol. The molecule has 122 valence electrons. The van der Waals surface area contributed by atoms with Crippen molar-refractivity contribution in [3.8, 4) is 0 Å². The van der Waals surface area contributed by atoms with Gasteiger partial charge >= 0.3 is 0 Å². The Hall–Kier alpha value is -2.80. The van der Waals surface area contributed by atoms with Gasteiger partial charge in [0, 0.05) is 22.5 Å². The first-order valence-electron chi connectivity index (χ1n) is 6.97. The highest BCUT2D eigenvalue weighted by molar-refractivity contribution is 6.31. The van der Waals surface area contributed by atoms with Crippen molar-refractivity contribution >= 4 is 34.7 Å². The zero-order chi connectivity index (χ0) is 17.1. The van der Waals surface area contributed by atoms with Crippen molar-refractivity contribution in [2.24, 2.45) is 0 Å². The number of halogens is 3. The minimum absolute atomic E-state index is 0.144. The van der Waals surface area contributed by atoms with Crippen LogP contribution in [0.3, 0.4) is 0 Å². The summed E-state index contributed by atoms with van der Waals surface area (Å²) in [6, 6.07) is 8.86. The second-order valence-corrected chi connectivity index (χ2v) is 5.36. The summed E-state index contributed by atoms with van der Waals surface area (Å²) in [6.45, 7) is 1.87. The maximum Gasteiger partial charge on any atom is 0.249 e. The average Bonchev–Trinajstić information content (AvgIpc) is 2.56. The van der Waals surface area contributed by atoms with Gasteiger partial charge in [-0.2, -0.15) is 10.1 Å². The van der Waals surface area contributed by atoms with Crippen LogP contribution in [0.4, 0.5) is 31.9 Å². The highest BCUT2D eigenvalue weighted by atomic mass is 35.5. The Morgan fingerprint density at radius 3 is 2.67 bits per heavy atom. The Balaban J connectivity index is 1.81. The number of nitrogens with one attached hydrogen (secondary N) is 2. The Bertz CT molecular complexity index is 888. The summed E-state index contributed by atoms with van der Waals surface area (Å²) < 4.78 is 26.2. The number of hydrogen-bond donors (Lipinski definition) is 2. The van der Waals surface area contributed by atoms with Crippen molar-refractivity contribution in [1.82, 2.24) is 15.2 Å². The second kappa shape index (κ2) is 6.76. The summed E-state index contributed by atoms with van der Waals surface area (Å²) in [5.41, 5.74) is 1.96. The van der Waals surface area contributed by atoms with Crippen molar-refractivity contribution in [2.75, 3.05) is 10.6 Å². The molecular formula is C16H12ClF2N5. The van der Waals surface area contributed by atoms with Crippen molar-refractivity contribution in [3.05, 3.63) is 64.8 Å². The number of aromatic nitrogens is 3. The van der Waals surface area contributed by atoms with E-state index in [9.17, 15) is 8.78 Å². The van der Waals surface area contributed by atoms with Gasteiger partial charge in [-0.15, -0.1) is 5.10 Å². The molecule has 2 aromatic carbocycles. The van der Waals surface area contributed by atoms with Crippen molar-refractivity contribution in [3.63, 3.8) is 0 Å². The molecule has 0 fully saturated rings. The molecule has 2 N–H and O–H groups in total. The molecule has 0 aliphatic carbocycles. The van der Waals surface area contributed by atoms with Crippen LogP contribution in [0, 0.1) is 18.6 Å². The minimum atomic E-state index is -0.961. The number of benzene rings is 2. The van der Waals surface area contributed by atoms with Gasteiger partial charge in [-0.25, -0.2) is 8.78 Å². The molecule has 3 rings (SSSR count). The largest absolute Gasteiger partial charge is 0.339 e. The van der Waals surface area contributed by atoms with E-state index in [4.69, 9.17) is 11.6 Å². The van der Waals surface area contributed by atoms with Gasteiger partial charge in [-0.3, -0.25) is 0 Å². The van der Waals surface area contributed by atoms with E-state index in [1.54, 1.807) is 6.07 Å². The lowest BCUT2D eigenvalue weighted by Gasteiger charge is -2.10. The molecule has 3 aromatic rings. The number of nitrogens with zero attached hydrogens (tertiary/aromatic N) is 3. The fraction of sp³-hybridized carbons (Fsp3) is 0.0625. The van der Waals surface area contributed by atoms with E-state index in [0.717, 1.165) is 23.4 Å². The fourth-order valence-corrected chi connectivity index (χ4v) is 2.18. The van der Waals surface area contributed by atoms with Gasteiger partial charge in [-0.05, 0) is 36.8 Å². The molecule has 8 heteroatoms. The molecule has 0 bridgehead atoms. The number of rotatable bonds is 4. The van der Waals surface area contributed by atoms with Crippen LogP contribution in [0.5, 0.6) is 0 Å². The topological polar surface area (TPSA) is 62.7 Å². The molecule has 0 radical (unpaired) electrons. The fourth-order valence-electron chi connectivity index (χ4n) is 2.00. The molecule has 5 nitrogen and oxygen atoms in total. The van der Waals surface area contributed by atoms with E-state index < -0.39 is 11.6 Å². The second-order valence-electron chi connectivity index (χ2n) is 4.96. The standard InChI is InChI=1S/C16H12ClF2N5/c1-9-11(17)3-2-4-14(9)22-15-8-20-24-16(23-15)21-10-5-6-12(18)13(19)7-10/h2-8H,1H3,(H2,21,22,23,24). The van der Waals surface area contributed by atoms with Gasteiger partial charge in [0.15, 0.2) is 17.5 Å². The summed E-state index contributed by atoms with van der Waals surface area (Å²) in [4.78, 5) is 4.23. The molecule has 0 aliphatic heterocycles. The van der Waals surface area contributed by atoms with E-state index >= 15 is 0 Å². The molecule has 1 aromatic heterocycles. The van der Waals surface area contributed by atoms with Crippen LogP contribution in [-0.2, 0) is 0 Å². The molecule has 0 saturated heterocycles. The summed E-state index contributed by atoms with van der Waals surface area (Å²) in [6.07, 6.45) is 1.44. The minimum Gasteiger partial charge on any atom is -0.339 e. The molecule has 0 unspecified atom stereocenters. The van der Waals surface area contributed by atoms with E-state index in [1.807, 2.05) is 19.1 Å². The number of hydrogen-bond acceptors (Lipinski definition) is 5. The van der Waals surface area contributed by atoms with E-state index in [-0.39, 0.29) is 5.95 Å². The smallest absolute Gasteiger partial charge is 0.249 e. The lowest BCUT2D eigenvalue weighted by atomic mass is 10.2. The highest BCUT2D eigenvalue weighted by Crippen LogP contribution is 2.25. The highest BCUT2D eigenvalue weighted by Gasteiger charge is 2.07. The first kappa shape index (κ1) is 16.1. The molecular weight excluding hydrogens is 336 g/mol. The molecule has 1 heterocycles. The normalized spacial score (nSPS) is 10.5. The van der Waals surface area contributed by atoms with Gasteiger partial charge in [0.1, 0.15) is 0 Å². The van der Waals surface area contributed by atoms with Gasteiger partial charge in [0.25, 0.3) is 0 Å². The van der Waals surface area contributed by atoms with E-state index in [1.165, 1.54) is 12.3 Å². The van der Waals surface area contributed by atoms with Crippen LogP contribution in [-0.4, -0.2) is 15.2 Å². The Kier molecular flexibility index (Phi) is 4.52. The SMILES string of the molecule is Cc1c(Cl)cccc1Nc1cnnc(Nc2ccc(F)c(F)c2)n1. The lowest BCUT2D eigenvalue weighted by molar-refractivity contribution is 0.509. The van der Waals surface area contributed by atoms with Crippen molar-refractivity contribution in [2.45, 2.75) is 6.92 Å². The van der Waals surface area contributed by atoms with Crippen LogP contribution in [0.25, 0.3) is 0 Å². The van der Waals surface area contributed by atoms with E-state index in [2.05, 4.69) is 25.8 Å². The zero-order valence-electron chi connectivity index (χ0n) is 12.5. The summed E-state index contributed by atoms with van der Waals surface area (Å²) in [5.74, 6) is -1.31. The third-order valence-corrected chi connectivity index (χ3v) is 3.67. The molecule has 0 aliphatic rings. The maximum absolute atomic E-state index is 13.2. The molecule has 0 amide bonds. The lowest BCUT2D eigenvalue weighted by Crippen LogP contribution is -2.03. The van der Waals surface area contributed by atoms with Gasteiger partial charge in [0.05, 0.1) is 6.20 Å². The Morgan fingerprint density at radius 2 is 1.88 bits per heavy atom.